The number of aromatic nitrogens is 3. The van der Waals surface area contributed by atoms with Gasteiger partial charge in [0.25, 0.3) is 0 Å². The van der Waals surface area contributed by atoms with Crippen LogP contribution in [0.2, 0.25) is 0 Å². The lowest BCUT2D eigenvalue weighted by Crippen LogP contribution is -2.15. The highest BCUT2D eigenvalue weighted by Crippen LogP contribution is 2.23. The molecule has 0 radical (unpaired) electrons. The lowest BCUT2D eigenvalue weighted by molar-refractivity contribution is -0.113. The first-order chi connectivity index (χ1) is 14.0. The number of rotatable bonds is 8. The maximum atomic E-state index is 12.3. The van der Waals surface area contributed by atoms with Crippen molar-refractivity contribution < 1.29 is 9.53 Å². The fraction of sp³-hybridized carbons (Fsp3) is 0.318. The molecule has 0 unspecified atom stereocenters. The molecule has 0 spiro atoms. The Morgan fingerprint density at radius 3 is 2.69 bits per heavy atom. The molecule has 1 heterocycles. The molecule has 1 amide bonds. The number of carbonyl (C=O) groups excluding carboxylic acids is 1. The number of anilines is 1. The Bertz CT molecular complexity index is 1000. The molecule has 0 saturated carbocycles. The van der Waals surface area contributed by atoms with E-state index in [-0.39, 0.29) is 11.7 Å². The number of ether oxygens (including phenoxy) is 1. The van der Waals surface area contributed by atoms with Crippen molar-refractivity contribution in [1.82, 2.24) is 14.8 Å². The van der Waals surface area contributed by atoms with Gasteiger partial charge in [0.15, 0.2) is 11.0 Å². The topological polar surface area (TPSA) is 69.0 Å². The molecule has 3 rings (SSSR count). The molecule has 6 nitrogen and oxygen atoms in total. The predicted octanol–water partition coefficient (Wildman–Crippen LogP) is 4.53. The number of hydrogen-bond acceptors (Lipinski definition) is 5. The molecule has 152 valence electrons. The normalized spacial score (nSPS) is 10.8. The number of nitrogens with zero attached hydrogens (tertiary/aromatic N) is 3. The zero-order chi connectivity index (χ0) is 20.8. The Labute approximate surface area is 175 Å². The first-order valence-electron chi connectivity index (χ1n) is 9.58. The van der Waals surface area contributed by atoms with Gasteiger partial charge in [0, 0.05) is 12.2 Å². The largest absolute Gasteiger partial charge is 0.485 e. The molecule has 0 saturated heterocycles. The molecule has 3 aromatic rings. The van der Waals surface area contributed by atoms with Crippen molar-refractivity contribution >= 4 is 23.4 Å². The quantitative estimate of drug-likeness (QED) is 0.553. The average molecular weight is 411 g/mol. The third-order valence-electron chi connectivity index (χ3n) is 4.66. The summed E-state index contributed by atoms with van der Waals surface area (Å²) in [5.41, 5.74) is 4.22. The van der Waals surface area contributed by atoms with E-state index >= 15 is 0 Å². The highest BCUT2D eigenvalue weighted by Gasteiger charge is 2.14. The summed E-state index contributed by atoms with van der Waals surface area (Å²) in [6.45, 7) is 9.18. The van der Waals surface area contributed by atoms with Crippen LogP contribution >= 0.6 is 11.8 Å². The van der Waals surface area contributed by atoms with Gasteiger partial charge >= 0.3 is 0 Å². The number of nitrogens with one attached hydrogen (secondary N) is 1. The van der Waals surface area contributed by atoms with Crippen LogP contribution in [0.15, 0.2) is 47.6 Å². The minimum atomic E-state index is -0.0700. The van der Waals surface area contributed by atoms with E-state index in [0.717, 1.165) is 28.4 Å². The van der Waals surface area contributed by atoms with Gasteiger partial charge in [-0.1, -0.05) is 36.0 Å². The van der Waals surface area contributed by atoms with Crippen LogP contribution in [-0.2, 0) is 17.9 Å². The third kappa shape index (κ3) is 5.38. The Kier molecular flexibility index (Phi) is 6.93. The smallest absolute Gasteiger partial charge is 0.234 e. The van der Waals surface area contributed by atoms with Gasteiger partial charge in [-0.2, -0.15) is 0 Å². The molecule has 2 aromatic carbocycles. The summed E-state index contributed by atoms with van der Waals surface area (Å²) in [6.07, 6.45) is 0. The SMILES string of the molecule is CCn1c(COc2cccc(C)c2C)nnc1SCC(=O)Nc1cccc(C)c1. The minimum Gasteiger partial charge on any atom is -0.485 e. The van der Waals surface area contributed by atoms with E-state index in [4.69, 9.17) is 4.74 Å². The molecule has 0 aliphatic carbocycles. The maximum absolute atomic E-state index is 12.3. The van der Waals surface area contributed by atoms with E-state index in [1.54, 1.807) is 0 Å². The summed E-state index contributed by atoms with van der Waals surface area (Å²) in [6, 6.07) is 13.8. The minimum absolute atomic E-state index is 0.0700. The second-order valence-corrected chi connectivity index (χ2v) is 7.78. The van der Waals surface area contributed by atoms with Crippen LogP contribution in [0.3, 0.4) is 0 Å². The van der Waals surface area contributed by atoms with E-state index in [1.807, 2.05) is 61.7 Å². The Balaban J connectivity index is 1.60. The van der Waals surface area contributed by atoms with Crippen LogP contribution in [0.1, 0.15) is 29.4 Å². The molecule has 0 fully saturated rings. The molecular weight excluding hydrogens is 384 g/mol. The molecule has 7 heteroatoms. The van der Waals surface area contributed by atoms with E-state index in [1.165, 1.54) is 17.3 Å². The van der Waals surface area contributed by atoms with Crippen LogP contribution in [0, 0.1) is 20.8 Å². The van der Waals surface area contributed by atoms with Gasteiger partial charge in [0.05, 0.1) is 5.75 Å². The fourth-order valence-corrected chi connectivity index (χ4v) is 3.74. The Morgan fingerprint density at radius 2 is 1.93 bits per heavy atom. The molecule has 1 aromatic heterocycles. The average Bonchev–Trinajstić information content (AvgIpc) is 3.09. The van der Waals surface area contributed by atoms with Crippen molar-refractivity contribution in [3.8, 4) is 5.75 Å². The summed E-state index contributed by atoms with van der Waals surface area (Å²) in [5.74, 6) is 1.79. The second-order valence-electron chi connectivity index (χ2n) is 6.84. The number of hydrogen-bond donors (Lipinski definition) is 1. The monoisotopic (exact) mass is 410 g/mol. The van der Waals surface area contributed by atoms with Crippen molar-refractivity contribution in [2.75, 3.05) is 11.1 Å². The van der Waals surface area contributed by atoms with Gasteiger partial charge in [0.2, 0.25) is 5.91 Å². The van der Waals surface area contributed by atoms with Crippen LogP contribution in [0.5, 0.6) is 5.75 Å². The van der Waals surface area contributed by atoms with Gasteiger partial charge in [-0.3, -0.25) is 4.79 Å². The van der Waals surface area contributed by atoms with Gasteiger partial charge < -0.3 is 14.6 Å². The standard InChI is InChI=1S/C22H26N4O2S/c1-5-26-20(13-28-19-11-7-9-16(3)17(19)4)24-25-22(26)29-14-21(27)23-18-10-6-8-15(2)12-18/h6-12H,5,13-14H2,1-4H3,(H,23,27). The van der Waals surface area contributed by atoms with Crippen LogP contribution < -0.4 is 10.1 Å². The summed E-state index contributed by atoms with van der Waals surface area (Å²) in [5, 5.41) is 12.1. The van der Waals surface area contributed by atoms with Crippen LogP contribution in [-0.4, -0.2) is 26.4 Å². The lowest BCUT2D eigenvalue weighted by Gasteiger charge is -2.11. The molecule has 0 atom stereocenters. The number of carbonyl (C=O) groups is 1. The van der Waals surface area contributed by atoms with E-state index in [0.29, 0.717) is 18.3 Å². The Morgan fingerprint density at radius 1 is 1.14 bits per heavy atom. The van der Waals surface area contributed by atoms with E-state index < -0.39 is 0 Å². The van der Waals surface area contributed by atoms with Crippen molar-refractivity contribution in [3.05, 3.63) is 65.0 Å². The zero-order valence-corrected chi connectivity index (χ0v) is 18.0. The van der Waals surface area contributed by atoms with Gasteiger partial charge in [0.1, 0.15) is 12.4 Å². The number of thioether (sulfide) groups is 1. The fourth-order valence-electron chi connectivity index (χ4n) is 2.92. The number of amides is 1. The van der Waals surface area contributed by atoms with Crippen molar-refractivity contribution in [2.45, 2.75) is 46.0 Å². The highest BCUT2D eigenvalue weighted by molar-refractivity contribution is 7.99. The lowest BCUT2D eigenvalue weighted by atomic mass is 10.1. The van der Waals surface area contributed by atoms with Gasteiger partial charge in [-0.05, 0) is 62.6 Å². The predicted molar refractivity (Wildman–Crippen MR) is 116 cm³/mol. The summed E-state index contributed by atoms with van der Waals surface area (Å²) in [7, 11) is 0. The molecule has 0 bridgehead atoms. The maximum Gasteiger partial charge on any atom is 0.234 e. The Hall–Kier alpha value is -2.80. The summed E-state index contributed by atoms with van der Waals surface area (Å²) < 4.78 is 7.95. The first-order valence-corrected chi connectivity index (χ1v) is 10.6. The third-order valence-corrected chi connectivity index (χ3v) is 5.62. The number of benzene rings is 2. The summed E-state index contributed by atoms with van der Waals surface area (Å²) >= 11 is 1.37. The summed E-state index contributed by atoms with van der Waals surface area (Å²) in [4.78, 5) is 12.3. The second kappa shape index (κ2) is 9.60. The van der Waals surface area contributed by atoms with Crippen molar-refractivity contribution in [2.24, 2.45) is 0 Å². The molecule has 29 heavy (non-hydrogen) atoms. The van der Waals surface area contributed by atoms with Gasteiger partial charge in [-0.15, -0.1) is 10.2 Å². The van der Waals surface area contributed by atoms with E-state index in [9.17, 15) is 4.79 Å². The molecule has 0 aliphatic heterocycles. The molecule has 0 aliphatic rings. The van der Waals surface area contributed by atoms with Crippen molar-refractivity contribution in [3.63, 3.8) is 0 Å². The molecule has 1 N–H and O–H groups in total. The van der Waals surface area contributed by atoms with Crippen molar-refractivity contribution in [1.29, 1.82) is 0 Å². The zero-order valence-electron chi connectivity index (χ0n) is 17.2. The first kappa shape index (κ1) is 20.9. The van der Waals surface area contributed by atoms with Crippen LogP contribution in [0.4, 0.5) is 5.69 Å². The molecular formula is C22H26N4O2S. The van der Waals surface area contributed by atoms with E-state index in [2.05, 4.69) is 28.5 Å². The van der Waals surface area contributed by atoms with Crippen LogP contribution in [0.25, 0.3) is 0 Å². The number of aryl methyl sites for hydroxylation is 2. The van der Waals surface area contributed by atoms with Gasteiger partial charge in [-0.25, -0.2) is 0 Å². The highest BCUT2D eigenvalue weighted by atomic mass is 32.2.